The molecule has 2 aromatic heterocycles. The molecule has 2 heterocycles. The van der Waals surface area contributed by atoms with Gasteiger partial charge in [0.15, 0.2) is 5.65 Å². The Hall–Kier alpha value is -3.46. The average Bonchev–Trinajstić information content (AvgIpc) is 3.02. The monoisotopic (exact) mass is 480 g/mol. The summed E-state index contributed by atoms with van der Waals surface area (Å²) in [6.45, 7) is 3.90. The molecule has 2 aromatic carbocycles. The average molecular weight is 481 g/mol. The van der Waals surface area contributed by atoms with E-state index in [-0.39, 0.29) is 29.1 Å². The fourth-order valence-electron chi connectivity index (χ4n) is 3.13. The van der Waals surface area contributed by atoms with E-state index < -0.39 is 0 Å². The molecule has 0 aliphatic heterocycles. The normalized spacial score (nSPS) is 12.6. The molecule has 0 fully saturated rings. The van der Waals surface area contributed by atoms with E-state index in [9.17, 15) is 9.90 Å². The maximum atomic E-state index is 13.0. The van der Waals surface area contributed by atoms with Crippen molar-refractivity contribution in [1.29, 1.82) is 0 Å². The summed E-state index contributed by atoms with van der Waals surface area (Å²) in [5.41, 5.74) is 9.11. The topological polar surface area (TPSA) is 118 Å². The zero-order chi connectivity index (χ0) is 22.1. The van der Waals surface area contributed by atoms with E-state index in [1.165, 1.54) is 10.9 Å². The lowest BCUT2D eigenvalue weighted by Crippen LogP contribution is -2.32. The van der Waals surface area contributed by atoms with Crippen LogP contribution in [0.2, 0.25) is 0 Å². The van der Waals surface area contributed by atoms with E-state index in [2.05, 4.69) is 36.3 Å². The van der Waals surface area contributed by atoms with E-state index in [0.717, 1.165) is 10.9 Å². The molecule has 4 N–H and O–H groups in total. The molecule has 9 heteroatoms. The fraction of sp³-hybridized carbons (Fsp3) is 0.182. The third kappa shape index (κ3) is 3.96. The van der Waals surface area contributed by atoms with Crippen LogP contribution in [0.5, 0.6) is 5.75 Å². The minimum Gasteiger partial charge on any atom is -0.507 e. The van der Waals surface area contributed by atoms with Gasteiger partial charge in [-0.25, -0.2) is 9.97 Å². The number of phenols is 1. The van der Waals surface area contributed by atoms with Crippen LogP contribution in [-0.4, -0.2) is 37.9 Å². The molecule has 0 spiro atoms. The lowest BCUT2D eigenvalue weighted by atomic mass is 10.2. The smallest absolute Gasteiger partial charge is 0.257 e. The van der Waals surface area contributed by atoms with Crippen LogP contribution in [0.15, 0.2) is 52.0 Å². The Kier molecular flexibility index (Phi) is 5.60. The van der Waals surface area contributed by atoms with Crippen molar-refractivity contribution in [3.63, 3.8) is 0 Å². The van der Waals surface area contributed by atoms with Gasteiger partial charge in [0.1, 0.15) is 22.6 Å². The minimum absolute atomic E-state index is 0.0270. The molecule has 0 aliphatic rings. The SMILES string of the molecule is CCC(C)NC(=O)c1c(N)n(/N=C/c2cc(Br)ccc2O)c2nc3ccccc3nc12. The van der Waals surface area contributed by atoms with E-state index in [4.69, 9.17) is 5.73 Å². The molecule has 0 bridgehead atoms. The third-order valence-corrected chi connectivity index (χ3v) is 5.49. The zero-order valence-corrected chi connectivity index (χ0v) is 18.6. The van der Waals surface area contributed by atoms with Crippen LogP contribution in [0.25, 0.3) is 22.2 Å². The van der Waals surface area contributed by atoms with E-state index >= 15 is 0 Å². The first-order chi connectivity index (χ1) is 14.9. The number of hydrogen-bond acceptors (Lipinski definition) is 6. The first-order valence-corrected chi connectivity index (χ1v) is 10.6. The van der Waals surface area contributed by atoms with Crippen molar-refractivity contribution in [2.45, 2.75) is 26.3 Å². The number of halogens is 1. The summed E-state index contributed by atoms with van der Waals surface area (Å²) >= 11 is 3.38. The van der Waals surface area contributed by atoms with Gasteiger partial charge in [0.25, 0.3) is 5.91 Å². The number of aromatic hydroxyl groups is 1. The number of nitrogens with zero attached hydrogens (tertiary/aromatic N) is 4. The molecular weight excluding hydrogens is 460 g/mol. The summed E-state index contributed by atoms with van der Waals surface area (Å²) in [5.74, 6) is -0.147. The molecule has 0 saturated heterocycles. The number of hydrogen-bond donors (Lipinski definition) is 3. The Morgan fingerprint density at radius 1 is 1.29 bits per heavy atom. The number of anilines is 1. The van der Waals surface area contributed by atoms with Crippen molar-refractivity contribution in [3.05, 3.63) is 58.1 Å². The van der Waals surface area contributed by atoms with Gasteiger partial charge in [-0.15, -0.1) is 0 Å². The summed E-state index contributed by atoms with van der Waals surface area (Å²) in [7, 11) is 0. The van der Waals surface area contributed by atoms with E-state index in [1.807, 2.05) is 38.1 Å². The number of para-hydroxylation sites is 2. The van der Waals surface area contributed by atoms with Gasteiger partial charge in [-0.2, -0.15) is 9.78 Å². The maximum absolute atomic E-state index is 13.0. The van der Waals surface area contributed by atoms with Crippen LogP contribution < -0.4 is 11.1 Å². The third-order valence-electron chi connectivity index (χ3n) is 4.99. The second-order valence-electron chi connectivity index (χ2n) is 7.19. The molecule has 1 unspecified atom stereocenters. The number of nitrogens with two attached hydrogens (primary N) is 1. The van der Waals surface area contributed by atoms with Gasteiger partial charge in [-0.1, -0.05) is 35.0 Å². The number of amides is 1. The Morgan fingerprint density at radius 3 is 2.71 bits per heavy atom. The van der Waals surface area contributed by atoms with Crippen molar-refractivity contribution >= 4 is 56.1 Å². The number of carbonyl (C=O) groups excluding carboxylic acids is 1. The summed E-state index contributed by atoms with van der Waals surface area (Å²) in [4.78, 5) is 22.3. The van der Waals surface area contributed by atoms with E-state index in [1.54, 1.807) is 18.2 Å². The molecule has 0 radical (unpaired) electrons. The summed E-state index contributed by atoms with van der Waals surface area (Å²) in [5, 5.41) is 17.5. The number of fused-ring (bicyclic) bond motifs is 2. The molecule has 4 rings (SSSR count). The maximum Gasteiger partial charge on any atom is 0.257 e. The van der Waals surface area contributed by atoms with Gasteiger partial charge >= 0.3 is 0 Å². The number of benzene rings is 2. The number of carbonyl (C=O) groups is 1. The number of nitrogens with one attached hydrogen (secondary N) is 1. The Morgan fingerprint density at radius 2 is 2.00 bits per heavy atom. The lowest BCUT2D eigenvalue weighted by molar-refractivity contribution is 0.0941. The predicted molar refractivity (Wildman–Crippen MR) is 125 cm³/mol. The molecule has 0 aliphatic carbocycles. The first kappa shape index (κ1) is 20.8. The summed E-state index contributed by atoms with van der Waals surface area (Å²) in [6, 6.07) is 12.3. The zero-order valence-electron chi connectivity index (χ0n) is 17.0. The van der Waals surface area contributed by atoms with Crippen LogP contribution in [0.3, 0.4) is 0 Å². The lowest BCUT2D eigenvalue weighted by Gasteiger charge is -2.11. The highest BCUT2D eigenvalue weighted by molar-refractivity contribution is 9.10. The van der Waals surface area contributed by atoms with Gasteiger partial charge in [0.2, 0.25) is 0 Å². The second kappa shape index (κ2) is 8.35. The Balaban J connectivity index is 1.92. The molecule has 4 aromatic rings. The molecular formula is C22H21BrN6O2. The molecule has 158 valence electrons. The Labute approximate surface area is 186 Å². The van der Waals surface area contributed by atoms with Crippen molar-refractivity contribution in [2.24, 2.45) is 5.10 Å². The Bertz CT molecular complexity index is 1330. The predicted octanol–water partition coefficient (Wildman–Crippen LogP) is 4.05. The van der Waals surface area contributed by atoms with Crippen LogP contribution >= 0.6 is 15.9 Å². The largest absolute Gasteiger partial charge is 0.507 e. The number of nitrogen functional groups attached to an aromatic ring is 1. The van der Waals surface area contributed by atoms with Crippen molar-refractivity contribution in [1.82, 2.24) is 20.0 Å². The summed E-state index contributed by atoms with van der Waals surface area (Å²) in [6.07, 6.45) is 2.24. The van der Waals surface area contributed by atoms with Crippen LogP contribution in [-0.2, 0) is 0 Å². The highest BCUT2D eigenvalue weighted by Crippen LogP contribution is 2.28. The number of aromatic nitrogens is 3. The van der Waals surface area contributed by atoms with E-state index in [0.29, 0.717) is 27.8 Å². The van der Waals surface area contributed by atoms with Gasteiger partial charge in [-0.3, -0.25) is 4.79 Å². The molecule has 1 amide bonds. The standard InChI is InChI=1S/C22H21BrN6O2/c1-3-12(2)26-22(31)18-19-21(28-16-7-5-4-6-15(16)27-19)29(20(18)24)25-11-13-10-14(23)8-9-17(13)30/h4-12,30H,3,24H2,1-2H3,(H,26,31)/b25-11+. The number of rotatable bonds is 5. The molecule has 0 saturated carbocycles. The van der Waals surface area contributed by atoms with Crippen LogP contribution in [0, 0.1) is 0 Å². The molecule has 8 nitrogen and oxygen atoms in total. The minimum atomic E-state index is -0.333. The summed E-state index contributed by atoms with van der Waals surface area (Å²) < 4.78 is 2.16. The van der Waals surface area contributed by atoms with Crippen LogP contribution in [0.4, 0.5) is 5.82 Å². The van der Waals surface area contributed by atoms with Gasteiger partial charge in [-0.05, 0) is 43.7 Å². The molecule has 31 heavy (non-hydrogen) atoms. The van der Waals surface area contributed by atoms with Gasteiger partial charge in [0.05, 0.1) is 17.2 Å². The molecule has 1 atom stereocenters. The quantitative estimate of drug-likeness (QED) is 0.372. The second-order valence-corrected chi connectivity index (χ2v) is 8.10. The van der Waals surface area contributed by atoms with Crippen molar-refractivity contribution in [3.8, 4) is 5.75 Å². The number of phenolic OH excluding ortho intramolecular Hbond substituents is 1. The highest BCUT2D eigenvalue weighted by Gasteiger charge is 2.24. The van der Waals surface area contributed by atoms with Crippen molar-refractivity contribution in [2.75, 3.05) is 5.73 Å². The van der Waals surface area contributed by atoms with Gasteiger partial charge < -0.3 is 16.2 Å². The first-order valence-electron chi connectivity index (χ1n) is 9.79. The fourth-order valence-corrected chi connectivity index (χ4v) is 3.51. The van der Waals surface area contributed by atoms with Gasteiger partial charge in [0, 0.05) is 16.1 Å². The van der Waals surface area contributed by atoms with Crippen molar-refractivity contribution < 1.29 is 9.90 Å². The van der Waals surface area contributed by atoms with Crippen LogP contribution in [0.1, 0.15) is 36.2 Å². The highest BCUT2D eigenvalue weighted by atomic mass is 79.9.